The van der Waals surface area contributed by atoms with Crippen LogP contribution in [-0.4, -0.2) is 4.57 Å². The van der Waals surface area contributed by atoms with E-state index < -0.39 is 0 Å². The molecule has 0 N–H and O–H groups in total. The summed E-state index contributed by atoms with van der Waals surface area (Å²) in [5, 5.41) is 10.5. The second-order valence-corrected chi connectivity index (χ2v) is 16.1. The first-order valence-electron chi connectivity index (χ1n) is 21.1. The molecule has 62 heavy (non-hydrogen) atoms. The zero-order valence-corrected chi connectivity index (χ0v) is 33.5. The Bertz CT molecular complexity index is 3850. The lowest BCUT2D eigenvalue weighted by molar-refractivity contribution is 0.646. The fourth-order valence-electron chi connectivity index (χ4n) is 9.70. The van der Waals surface area contributed by atoms with Crippen LogP contribution in [0.2, 0.25) is 0 Å². The van der Waals surface area contributed by atoms with Gasteiger partial charge in [-0.3, -0.25) is 4.57 Å². The summed E-state index contributed by atoms with van der Waals surface area (Å²) >= 11 is 0. The molecule has 0 aliphatic carbocycles. The summed E-state index contributed by atoms with van der Waals surface area (Å²) in [6.45, 7) is 0. The number of hydrogen-bond acceptors (Lipinski definition) is 3. The summed E-state index contributed by atoms with van der Waals surface area (Å²) in [6, 6.07) is 77.7. The second-order valence-electron chi connectivity index (χ2n) is 16.1. The van der Waals surface area contributed by atoms with Gasteiger partial charge in [-0.05, 0) is 99.1 Å². The minimum absolute atomic E-state index is 0.850. The molecule has 0 spiro atoms. The van der Waals surface area contributed by atoms with E-state index in [9.17, 15) is 0 Å². The molecule has 4 heteroatoms. The van der Waals surface area contributed by atoms with Crippen molar-refractivity contribution >= 4 is 93.5 Å². The number of furan rings is 2. The SMILES string of the molecule is c1ccc(-c2ccc(N(c3ccc(-c4ccc5c(c4)oc4c5c5ccccc5n4-c4cc5ccccc5c5ccccc45)cc3)c3cccc4c3oc3ccccc34)cc2)cc1. The van der Waals surface area contributed by atoms with Crippen LogP contribution in [0.1, 0.15) is 0 Å². The van der Waals surface area contributed by atoms with E-state index in [-0.39, 0.29) is 0 Å². The number of nitrogens with zero attached hydrogens (tertiary/aromatic N) is 2. The molecular formula is C58H36N2O2. The molecule has 0 amide bonds. The summed E-state index contributed by atoms with van der Waals surface area (Å²) < 4.78 is 15.9. The van der Waals surface area contributed by atoms with E-state index in [2.05, 4.69) is 216 Å². The maximum atomic E-state index is 6.98. The van der Waals surface area contributed by atoms with E-state index in [0.717, 1.165) is 83.4 Å². The van der Waals surface area contributed by atoms with Crippen LogP contribution in [0, 0.1) is 0 Å². The average Bonchev–Trinajstić information content (AvgIpc) is 4.01. The highest BCUT2D eigenvalue weighted by Crippen LogP contribution is 2.45. The van der Waals surface area contributed by atoms with Gasteiger partial charge in [0, 0.05) is 38.3 Å². The number of anilines is 3. The number of para-hydroxylation sites is 3. The zero-order chi connectivity index (χ0) is 40.7. The average molecular weight is 793 g/mol. The van der Waals surface area contributed by atoms with Crippen molar-refractivity contribution in [3.63, 3.8) is 0 Å². The van der Waals surface area contributed by atoms with Crippen LogP contribution in [-0.2, 0) is 0 Å². The van der Waals surface area contributed by atoms with E-state index in [1.807, 2.05) is 12.1 Å². The van der Waals surface area contributed by atoms with E-state index in [1.165, 1.54) is 38.1 Å². The predicted octanol–water partition coefficient (Wildman–Crippen LogP) is 16.5. The highest BCUT2D eigenvalue weighted by atomic mass is 16.3. The molecular weight excluding hydrogens is 757 g/mol. The fourth-order valence-corrected chi connectivity index (χ4v) is 9.70. The molecule has 0 saturated carbocycles. The summed E-state index contributed by atoms with van der Waals surface area (Å²) in [4.78, 5) is 2.30. The van der Waals surface area contributed by atoms with Crippen LogP contribution in [0.4, 0.5) is 17.1 Å². The first kappa shape index (κ1) is 34.5. The van der Waals surface area contributed by atoms with Crippen molar-refractivity contribution in [2.75, 3.05) is 4.90 Å². The quantitative estimate of drug-likeness (QED) is 0.157. The Balaban J connectivity index is 0.938. The molecule has 0 radical (unpaired) electrons. The third-order valence-electron chi connectivity index (χ3n) is 12.6. The Morgan fingerprint density at radius 2 is 0.952 bits per heavy atom. The molecule has 3 heterocycles. The van der Waals surface area contributed by atoms with E-state index >= 15 is 0 Å². The van der Waals surface area contributed by atoms with Crippen LogP contribution in [0.5, 0.6) is 0 Å². The van der Waals surface area contributed by atoms with E-state index in [1.54, 1.807) is 0 Å². The van der Waals surface area contributed by atoms with Gasteiger partial charge in [0.25, 0.3) is 0 Å². The highest BCUT2D eigenvalue weighted by Gasteiger charge is 2.23. The summed E-state index contributed by atoms with van der Waals surface area (Å²) in [5.74, 6) is 0. The molecule has 0 fully saturated rings. The Morgan fingerprint density at radius 1 is 0.355 bits per heavy atom. The van der Waals surface area contributed by atoms with Crippen molar-refractivity contribution in [3.05, 3.63) is 218 Å². The predicted molar refractivity (Wildman–Crippen MR) is 258 cm³/mol. The largest absolute Gasteiger partial charge is 0.454 e. The number of rotatable bonds is 6. The second kappa shape index (κ2) is 13.6. The number of hydrogen-bond donors (Lipinski definition) is 0. The monoisotopic (exact) mass is 792 g/mol. The van der Waals surface area contributed by atoms with Gasteiger partial charge >= 0.3 is 0 Å². The molecule has 0 aliphatic rings. The molecule has 290 valence electrons. The third kappa shape index (κ3) is 5.27. The zero-order valence-electron chi connectivity index (χ0n) is 33.5. The van der Waals surface area contributed by atoms with Gasteiger partial charge in [-0.2, -0.15) is 0 Å². The van der Waals surface area contributed by atoms with Crippen LogP contribution < -0.4 is 4.90 Å². The fraction of sp³-hybridized carbons (Fsp3) is 0. The van der Waals surface area contributed by atoms with E-state index in [0.29, 0.717) is 0 Å². The summed E-state index contributed by atoms with van der Waals surface area (Å²) in [6.07, 6.45) is 0. The normalized spacial score (nSPS) is 11.9. The summed E-state index contributed by atoms with van der Waals surface area (Å²) in [5.41, 5.74) is 13.3. The van der Waals surface area contributed by atoms with Crippen LogP contribution in [0.25, 0.3) is 104 Å². The molecule has 0 unspecified atom stereocenters. The minimum atomic E-state index is 0.850. The Hall–Kier alpha value is -8.34. The Kier molecular flexibility index (Phi) is 7.57. The minimum Gasteiger partial charge on any atom is -0.454 e. The first-order valence-corrected chi connectivity index (χ1v) is 21.1. The van der Waals surface area contributed by atoms with Gasteiger partial charge in [-0.15, -0.1) is 0 Å². The van der Waals surface area contributed by atoms with Crippen LogP contribution in [0.3, 0.4) is 0 Å². The van der Waals surface area contributed by atoms with Gasteiger partial charge in [-0.1, -0.05) is 158 Å². The molecule has 0 saturated heterocycles. The number of fused-ring (bicyclic) bond motifs is 11. The van der Waals surface area contributed by atoms with Gasteiger partial charge in [-0.25, -0.2) is 0 Å². The molecule has 13 aromatic rings. The molecule has 10 aromatic carbocycles. The van der Waals surface area contributed by atoms with Crippen LogP contribution in [0.15, 0.2) is 227 Å². The van der Waals surface area contributed by atoms with Crippen molar-refractivity contribution in [2.45, 2.75) is 0 Å². The van der Waals surface area contributed by atoms with Gasteiger partial charge in [0.05, 0.1) is 22.3 Å². The third-order valence-corrected chi connectivity index (χ3v) is 12.6. The van der Waals surface area contributed by atoms with Gasteiger partial charge in [0.15, 0.2) is 5.58 Å². The molecule has 3 aromatic heterocycles. The Morgan fingerprint density at radius 3 is 1.74 bits per heavy atom. The van der Waals surface area contributed by atoms with Crippen molar-refractivity contribution in [2.24, 2.45) is 0 Å². The molecule has 13 rings (SSSR count). The lowest BCUT2D eigenvalue weighted by atomic mass is 10.00. The lowest BCUT2D eigenvalue weighted by Crippen LogP contribution is -2.10. The standard InChI is InChI=1S/C58H36N2O2/c1-2-13-37(14-3-1)38-25-30-42(31-26-38)59(52-23-12-21-48-47-19-9-11-24-54(47)61-57(48)52)43-32-27-39(28-33-43)40-29-34-50-55(36-40)62-58-56(50)49-20-8-10-22-51(49)60(58)53-35-41-15-4-5-16-44(41)45-17-6-7-18-46(45)53/h1-36H. The lowest BCUT2D eigenvalue weighted by Gasteiger charge is -2.26. The maximum absolute atomic E-state index is 6.98. The van der Waals surface area contributed by atoms with Crippen LogP contribution >= 0.6 is 0 Å². The van der Waals surface area contributed by atoms with Gasteiger partial charge in [0.2, 0.25) is 5.71 Å². The smallest absolute Gasteiger partial charge is 0.213 e. The molecule has 0 atom stereocenters. The molecule has 4 nitrogen and oxygen atoms in total. The molecule has 0 aliphatic heterocycles. The van der Waals surface area contributed by atoms with Crippen molar-refractivity contribution < 1.29 is 8.83 Å². The van der Waals surface area contributed by atoms with Crippen molar-refractivity contribution in [1.29, 1.82) is 0 Å². The Labute approximate surface area is 356 Å². The van der Waals surface area contributed by atoms with E-state index in [4.69, 9.17) is 8.83 Å². The maximum Gasteiger partial charge on any atom is 0.213 e. The van der Waals surface area contributed by atoms with Crippen molar-refractivity contribution in [3.8, 4) is 27.9 Å². The summed E-state index contributed by atoms with van der Waals surface area (Å²) in [7, 11) is 0. The van der Waals surface area contributed by atoms with Gasteiger partial charge < -0.3 is 13.7 Å². The van der Waals surface area contributed by atoms with Gasteiger partial charge in [0.1, 0.15) is 11.2 Å². The first-order chi connectivity index (χ1) is 30.7. The number of aromatic nitrogens is 1. The topological polar surface area (TPSA) is 34.5 Å². The van der Waals surface area contributed by atoms with Crippen molar-refractivity contribution in [1.82, 2.24) is 4.57 Å². The molecule has 0 bridgehead atoms. The number of benzene rings is 10. The highest BCUT2D eigenvalue weighted by molar-refractivity contribution is 6.21.